The average Bonchev–Trinajstić information content (AvgIpc) is 3.42. The zero-order valence-corrected chi connectivity index (χ0v) is 19.4. The van der Waals surface area contributed by atoms with Crippen LogP contribution in [0.25, 0.3) is 15.2 Å². The van der Waals surface area contributed by atoms with Crippen LogP contribution in [0.1, 0.15) is 38.8 Å². The molecule has 0 fully saturated rings. The molecule has 2 heterocycles. The Morgan fingerprint density at radius 3 is 2.38 bits per heavy atom. The molecule has 0 saturated heterocycles. The number of fused-ring (bicyclic) bond motifs is 5. The molecule has 1 atom stereocenters. The third-order valence-electron chi connectivity index (χ3n) is 5.76. The Hall–Kier alpha value is -3.82. The second-order valence-corrected chi connectivity index (χ2v) is 10.2. The molecule has 34 heavy (non-hydrogen) atoms. The monoisotopic (exact) mass is 484 g/mol. The van der Waals surface area contributed by atoms with Crippen LogP contribution in [-0.2, 0) is 4.79 Å². The molecule has 1 N–H and O–H groups in total. The van der Waals surface area contributed by atoms with Crippen molar-refractivity contribution in [3.63, 3.8) is 0 Å². The molecule has 1 amide bonds. The number of anilines is 1. The number of thioether (sulfide) groups is 1. The van der Waals surface area contributed by atoms with Crippen molar-refractivity contribution in [3.05, 3.63) is 89.0 Å². The maximum atomic E-state index is 13.0. The minimum atomic E-state index is -0.472. The summed E-state index contributed by atoms with van der Waals surface area (Å²) in [6.45, 7) is 1.79. The lowest BCUT2D eigenvalue weighted by Gasteiger charge is -2.18. The fourth-order valence-electron chi connectivity index (χ4n) is 4.06. The van der Waals surface area contributed by atoms with E-state index in [9.17, 15) is 14.4 Å². The van der Waals surface area contributed by atoms with E-state index in [-0.39, 0.29) is 17.5 Å². The Balaban J connectivity index is 1.24. The predicted octanol–water partition coefficient (Wildman–Crippen LogP) is 4.84. The Morgan fingerprint density at radius 1 is 0.912 bits per heavy atom. The maximum absolute atomic E-state index is 13.0. The molecule has 0 bridgehead atoms. The number of hydrogen-bond donors (Lipinski definition) is 1. The summed E-state index contributed by atoms with van der Waals surface area (Å²) in [5.41, 5.74) is 2.89. The number of hydrogen-bond acceptors (Lipinski definition) is 7. The highest BCUT2D eigenvalue weighted by molar-refractivity contribution is 8.00. The van der Waals surface area contributed by atoms with Crippen molar-refractivity contribution >= 4 is 61.4 Å². The molecule has 0 spiro atoms. The molecule has 1 unspecified atom stereocenters. The molecular weight excluding hydrogens is 468 g/mol. The average molecular weight is 485 g/mol. The first-order valence-electron chi connectivity index (χ1n) is 10.5. The molecule has 7 nitrogen and oxygen atoms in total. The molecule has 3 aromatic carbocycles. The summed E-state index contributed by atoms with van der Waals surface area (Å²) in [4.78, 5) is 39.5. The van der Waals surface area contributed by atoms with Crippen molar-refractivity contribution in [1.82, 2.24) is 14.6 Å². The van der Waals surface area contributed by atoms with Crippen LogP contribution >= 0.6 is 23.1 Å². The summed E-state index contributed by atoms with van der Waals surface area (Å²) in [6.07, 6.45) is 0. The standard InChI is InChI=1S/C25H16N4O3S2/c1-13(33-24-27-28-25-29(24)19-8-4-5-9-20(19)34-25)23(32)26-14-10-11-17-18(12-14)22(31)16-7-3-2-6-15(16)21(17)30/h2-13H,1H3,(H,26,32). The van der Waals surface area contributed by atoms with Gasteiger partial charge in [-0.15, -0.1) is 10.2 Å². The molecule has 0 radical (unpaired) electrons. The minimum absolute atomic E-state index is 0.189. The number of ketones is 2. The van der Waals surface area contributed by atoms with Gasteiger partial charge < -0.3 is 5.32 Å². The summed E-state index contributed by atoms with van der Waals surface area (Å²) in [6, 6.07) is 19.6. The summed E-state index contributed by atoms with van der Waals surface area (Å²) in [5.74, 6) is -0.652. The number of nitrogens with one attached hydrogen (secondary N) is 1. The van der Waals surface area contributed by atoms with Crippen molar-refractivity contribution in [3.8, 4) is 0 Å². The van der Waals surface area contributed by atoms with E-state index >= 15 is 0 Å². The third-order valence-corrected chi connectivity index (χ3v) is 7.81. The summed E-state index contributed by atoms with van der Waals surface area (Å²) in [5, 5.41) is 11.5. The largest absolute Gasteiger partial charge is 0.325 e. The number of para-hydroxylation sites is 1. The molecule has 0 saturated carbocycles. The van der Waals surface area contributed by atoms with Gasteiger partial charge in [0.1, 0.15) is 0 Å². The maximum Gasteiger partial charge on any atom is 0.237 e. The van der Waals surface area contributed by atoms with Crippen molar-refractivity contribution in [2.24, 2.45) is 0 Å². The molecule has 1 aliphatic carbocycles. The van der Waals surface area contributed by atoms with Crippen LogP contribution in [0.2, 0.25) is 0 Å². The summed E-state index contributed by atoms with van der Waals surface area (Å²) >= 11 is 2.86. The van der Waals surface area contributed by atoms with E-state index in [2.05, 4.69) is 15.5 Å². The second-order valence-electron chi connectivity index (χ2n) is 7.88. The molecule has 2 aromatic heterocycles. The Kier molecular flexibility index (Phi) is 4.82. The molecule has 6 rings (SSSR count). The van der Waals surface area contributed by atoms with E-state index in [1.165, 1.54) is 11.8 Å². The van der Waals surface area contributed by atoms with Crippen LogP contribution in [0.5, 0.6) is 0 Å². The Bertz CT molecular complexity index is 1650. The summed E-state index contributed by atoms with van der Waals surface area (Å²) in [7, 11) is 0. The van der Waals surface area contributed by atoms with E-state index < -0.39 is 5.25 Å². The molecule has 166 valence electrons. The SMILES string of the molecule is CC(Sc1nnc2sc3ccccc3n12)C(=O)Nc1ccc2c(c1)C(=O)c1ccccc1C2=O. The molecule has 5 aromatic rings. The van der Waals surface area contributed by atoms with E-state index in [4.69, 9.17) is 0 Å². The summed E-state index contributed by atoms with van der Waals surface area (Å²) < 4.78 is 3.05. The van der Waals surface area contributed by atoms with Crippen LogP contribution in [0.3, 0.4) is 0 Å². The first-order chi connectivity index (χ1) is 16.5. The number of thiazole rings is 1. The number of carbonyl (C=O) groups excluding carboxylic acids is 3. The van der Waals surface area contributed by atoms with Crippen LogP contribution in [0.4, 0.5) is 5.69 Å². The number of aromatic nitrogens is 3. The van der Waals surface area contributed by atoms with Gasteiger partial charge in [0, 0.05) is 27.9 Å². The zero-order chi connectivity index (χ0) is 23.4. The van der Waals surface area contributed by atoms with Crippen LogP contribution in [0, 0.1) is 0 Å². The van der Waals surface area contributed by atoms with Gasteiger partial charge in [0.05, 0.1) is 15.5 Å². The van der Waals surface area contributed by atoms with Gasteiger partial charge in [0.25, 0.3) is 0 Å². The Morgan fingerprint density at radius 2 is 1.59 bits per heavy atom. The van der Waals surface area contributed by atoms with Crippen LogP contribution < -0.4 is 5.32 Å². The van der Waals surface area contributed by atoms with E-state index in [1.807, 2.05) is 28.7 Å². The van der Waals surface area contributed by atoms with Crippen LogP contribution in [-0.4, -0.2) is 37.3 Å². The van der Waals surface area contributed by atoms with Crippen LogP contribution in [0.15, 0.2) is 71.9 Å². The van der Waals surface area contributed by atoms with Gasteiger partial charge in [-0.3, -0.25) is 18.8 Å². The molecule has 1 aliphatic rings. The van der Waals surface area contributed by atoms with Gasteiger partial charge >= 0.3 is 0 Å². The molecule has 0 aliphatic heterocycles. The number of rotatable bonds is 4. The highest BCUT2D eigenvalue weighted by Crippen LogP contribution is 2.32. The highest BCUT2D eigenvalue weighted by atomic mass is 32.2. The van der Waals surface area contributed by atoms with Gasteiger partial charge in [-0.25, -0.2) is 0 Å². The van der Waals surface area contributed by atoms with Crippen molar-refractivity contribution in [2.75, 3.05) is 5.32 Å². The number of carbonyl (C=O) groups is 3. The van der Waals surface area contributed by atoms with Gasteiger partial charge in [-0.2, -0.15) is 0 Å². The number of benzene rings is 3. The highest BCUT2D eigenvalue weighted by Gasteiger charge is 2.29. The minimum Gasteiger partial charge on any atom is -0.325 e. The number of amides is 1. The lowest BCUT2D eigenvalue weighted by molar-refractivity contribution is -0.115. The normalized spacial score (nSPS) is 13.7. The smallest absolute Gasteiger partial charge is 0.237 e. The van der Waals surface area contributed by atoms with Gasteiger partial charge in [-0.05, 0) is 37.3 Å². The van der Waals surface area contributed by atoms with E-state index in [0.29, 0.717) is 33.1 Å². The fraction of sp³-hybridized carbons (Fsp3) is 0.0800. The van der Waals surface area contributed by atoms with E-state index in [0.717, 1.165) is 15.2 Å². The van der Waals surface area contributed by atoms with Crippen molar-refractivity contribution in [1.29, 1.82) is 0 Å². The zero-order valence-electron chi connectivity index (χ0n) is 17.8. The first kappa shape index (κ1) is 20.8. The molecule has 9 heteroatoms. The lowest BCUT2D eigenvalue weighted by atomic mass is 9.84. The lowest BCUT2D eigenvalue weighted by Crippen LogP contribution is -2.24. The second kappa shape index (κ2) is 7.89. The van der Waals surface area contributed by atoms with Crippen molar-refractivity contribution < 1.29 is 14.4 Å². The third kappa shape index (κ3) is 3.24. The van der Waals surface area contributed by atoms with Gasteiger partial charge in [-0.1, -0.05) is 59.5 Å². The first-order valence-corrected chi connectivity index (χ1v) is 12.2. The Labute approximate surface area is 201 Å². The van der Waals surface area contributed by atoms with E-state index in [1.54, 1.807) is 60.7 Å². The topological polar surface area (TPSA) is 93.4 Å². The number of nitrogens with zero attached hydrogens (tertiary/aromatic N) is 3. The quantitative estimate of drug-likeness (QED) is 0.360. The fourth-order valence-corrected chi connectivity index (χ4v) is 5.95. The molecular formula is C25H16N4O3S2. The predicted molar refractivity (Wildman–Crippen MR) is 132 cm³/mol. The van der Waals surface area contributed by atoms with Gasteiger partial charge in [0.2, 0.25) is 10.9 Å². The van der Waals surface area contributed by atoms with Gasteiger partial charge in [0.15, 0.2) is 16.7 Å². The van der Waals surface area contributed by atoms with Crippen molar-refractivity contribution in [2.45, 2.75) is 17.3 Å².